The summed E-state index contributed by atoms with van der Waals surface area (Å²) >= 11 is 0. The predicted octanol–water partition coefficient (Wildman–Crippen LogP) is 6.13. The van der Waals surface area contributed by atoms with Crippen molar-refractivity contribution in [1.29, 1.82) is 0 Å². The summed E-state index contributed by atoms with van der Waals surface area (Å²) in [6.07, 6.45) is 1.18. The van der Waals surface area contributed by atoms with Crippen LogP contribution in [0.1, 0.15) is 64.2 Å². The first-order valence-electron chi connectivity index (χ1n) is 16.0. The molecule has 11 nitrogen and oxygen atoms in total. The van der Waals surface area contributed by atoms with Crippen LogP contribution in [0.4, 0.5) is 10.7 Å². The van der Waals surface area contributed by atoms with Crippen molar-refractivity contribution in [3.63, 3.8) is 0 Å². The fraction of sp³-hybridized carbons (Fsp3) is 0.486. The second kappa shape index (κ2) is 14.7. The quantitative estimate of drug-likeness (QED) is 0.256. The SMILES string of the molecule is Cc1cccc(S(=O)(=O)Nc2nc(O[C@@H]3CN(C(=O)OC(C)(C)C)C[C@H](CCC(C)C)N(C=O)C3)cc(-c3c(C)cccc3C)n2)c1. The van der Waals surface area contributed by atoms with Crippen LogP contribution in [0.3, 0.4) is 0 Å². The smallest absolute Gasteiger partial charge is 0.410 e. The summed E-state index contributed by atoms with van der Waals surface area (Å²) in [4.78, 5) is 38.2. The average Bonchev–Trinajstić information content (AvgIpc) is 3.14. The normalized spacial score (nSPS) is 17.3. The number of nitrogens with zero attached hydrogens (tertiary/aromatic N) is 4. The van der Waals surface area contributed by atoms with Gasteiger partial charge in [-0.1, -0.05) is 44.2 Å². The topological polar surface area (TPSA) is 131 Å². The van der Waals surface area contributed by atoms with Crippen LogP contribution in [0.15, 0.2) is 53.4 Å². The highest BCUT2D eigenvalue weighted by Crippen LogP contribution is 2.30. The van der Waals surface area contributed by atoms with Crippen molar-refractivity contribution in [1.82, 2.24) is 19.8 Å². The summed E-state index contributed by atoms with van der Waals surface area (Å²) < 4.78 is 41.5. The van der Waals surface area contributed by atoms with Crippen LogP contribution in [0.2, 0.25) is 0 Å². The van der Waals surface area contributed by atoms with Gasteiger partial charge in [0.25, 0.3) is 10.0 Å². The number of aryl methyl sites for hydroxylation is 3. The Labute approximate surface area is 278 Å². The first-order valence-corrected chi connectivity index (χ1v) is 17.4. The van der Waals surface area contributed by atoms with Crippen molar-refractivity contribution >= 4 is 28.5 Å². The first-order chi connectivity index (χ1) is 22.0. The maximum Gasteiger partial charge on any atom is 0.410 e. The lowest BCUT2D eigenvalue weighted by Gasteiger charge is -2.30. The fourth-order valence-corrected chi connectivity index (χ4v) is 6.64. The van der Waals surface area contributed by atoms with E-state index in [1.165, 1.54) is 6.07 Å². The van der Waals surface area contributed by atoms with Gasteiger partial charge in [0.15, 0.2) is 0 Å². The Kier molecular flexibility index (Phi) is 11.2. The second-order valence-electron chi connectivity index (χ2n) is 13.7. The lowest BCUT2D eigenvalue weighted by molar-refractivity contribution is -0.121. The Morgan fingerprint density at radius 1 is 1.02 bits per heavy atom. The number of hydrogen-bond donors (Lipinski definition) is 1. The molecule has 0 bridgehead atoms. The van der Waals surface area contributed by atoms with Gasteiger partial charge in [-0.2, -0.15) is 4.98 Å². The minimum absolute atomic E-state index is 0.0758. The van der Waals surface area contributed by atoms with Crippen molar-refractivity contribution in [2.45, 2.75) is 90.9 Å². The van der Waals surface area contributed by atoms with Crippen LogP contribution in [0.5, 0.6) is 5.88 Å². The van der Waals surface area contributed by atoms with Crippen molar-refractivity contribution in [2.75, 3.05) is 24.4 Å². The van der Waals surface area contributed by atoms with E-state index in [2.05, 4.69) is 28.5 Å². The molecule has 12 heteroatoms. The number of carbonyl (C=O) groups excluding carboxylic acids is 2. The van der Waals surface area contributed by atoms with E-state index in [-0.39, 0.29) is 35.9 Å². The van der Waals surface area contributed by atoms with Crippen LogP contribution >= 0.6 is 0 Å². The molecule has 3 aromatic rings. The van der Waals surface area contributed by atoms with E-state index >= 15 is 0 Å². The summed E-state index contributed by atoms with van der Waals surface area (Å²) in [5.41, 5.74) is 3.23. The molecule has 0 radical (unpaired) electrons. The van der Waals surface area contributed by atoms with E-state index in [9.17, 15) is 18.0 Å². The monoisotopic (exact) mass is 665 g/mol. The molecular weight excluding hydrogens is 618 g/mol. The molecule has 1 aliphatic heterocycles. The van der Waals surface area contributed by atoms with Crippen LogP contribution in [0.25, 0.3) is 11.3 Å². The van der Waals surface area contributed by atoms with Crippen LogP contribution in [-0.2, 0) is 19.6 Å². The molecule has 254 valence electrons. The zero-order chi connectivity index (χ0) is 34.5. The number of sulfonamides is 1. The predicted molar refractivity (Wildman–Crippen MR) is 182 cm³/mol. The maximum atomic E-state index is 13.4. The number of carbonyl (C=O) groups is 2. The number of nitrogens with one attached hydrogen (secondary N) is 1. The largest absolute Gasteiger partial charge is 0.470 e. The van der Waals surface area contributed by atoms with Crippen LogP contribution < -0.4 is 9.46 Å². The van der Waals surface area contributed by atoms with Gasteiger partial charge in [-0.25, -0.2) is 22.9 Å². The Bertz CT molecular complexity index is 1670. The van der Waals surface area contributed by atoms with Gasteiger partial charge in [-0.3, -0.25) is 4.79 Å². The highest BCUT2D eigenvalue weighted by Gasteiger charge is 2.35. The Balaban J connectivity index is 1.74. The van der Waals surface area contributed by atoms with E-state index in [1.54, 1.807) is 48.8 Å². The second-order valence-corrected chi connectivity index (χ2v) is 15.3. The number of benzene rings is 2. The number of rotatable bonds is 10. The maximum absolute atomic E-state index is 13.4. The lowest BCUT2D eigenvalue weighted by Crippen LogP contribution is -2.44. The summed E-state index contributed by atoms with van der Waals surface area (Å²) in [6, 6.07) is 13.8. The number of ether oxygens (including phenoxy) is 2. The minimum atomic E-state index is -4.04. The molecule has 0 saturated carbocycles. The van der Waals surface area contributed by atoms with Crippen molar-refractivity contribution in [2.24, 2.45) is 5.92 Å². The van der Waals surface area contributed by atoms with Gasteiger partial charge in [-0.05, 0) is 89.1 Å². The summed E-state index contributed by atoms with van der Waals surface area (Å²) in [5.74, 6) is 0.349. The van der Waals surface area contributed by atoms with E-state index in [4.69, 9.17) is 9.47 Å². The van der Waals surface area contributed by atoms with Gasteiger partial charge in [0.1, 0.15) is 11.7 Å². The highest BCUT2D eigenvalue weighted by atomic mass is 32.2. The molecule has 1 aromatic heterocycles. The standard InChI is InChI=1S/C35H47N5O6S/c1-23(2)15-16-27-19-39(34(42)46-35(6,7)8)20-28(21-40(27)22-41)45-31-18-30(32-25(4)12-10-13-26(32)5)36-33(37-31)38-47(43,44)29-14-9-11-24(3)17-29/h9-14,17-18,22-23,27-28H,15-16,19-21H2,1-8H3,(H,36,37,38)/t27-,28+/m0/s1. The Morgan fingerprint density at radius 2 is 1.70 bits per heavy atom. The molecule has 1 fully saturated rings. The van der Waals surface area contributed by atoms with Crippen LogP contribution in [-0.4, -0.2) is 78.1 Å². The molecule has 47 heavy (non-hydrogen) atoms. The van der Waals surface area contributed by atoms with E-state index in [0.29, 0.717) is 24.6 Å². The van der Waals surface area contributed by atoms with E-state index in [1.807, 2.05) is 45.0 Å². The van der Waals surface area contributed by atoms with Gasteiger partial charge >= 0.3 is 6.09 Å². The number of anilines is 1. The average molecular weight is 666 g/mol. The zero-order valence-electron chi connectivity index (χ0n) is 28.6. The summed E-state index contributed by atoms with van der Waals surface area (Å²) in [7, 11) is -4.04. The van der Waals surface area contributed by atoms with E-state index in [0.717, 1.165) is 35.1 Å². The molecule has 2 amide bonds. The molecule has 0 aliphatic carbocycles. The van der Waals surface area contributed by atoms with E-state index < -0.39 is 27.8 Å². The molecular formula is C35H47N5O6S. The van der Waals surface area contributed by atoms with Crippen LogP contribution in [0, 0.1) is 26.7 Å². The minimum Gasteiger partial charge on any atom is -0.470 e. The molecule has 0 spiro atoms. The number of amides is 2. The number of hydrogen-bond acceptors (Lipinski definition) is 8. The molecule has 1 aliphatic rings. The van der Waals surface area contributed by atoms with Crippen molar-refractivity contribution < 1.29 is 27.5 Å². The van der Waals surface area contributed by atoms with Gasteiger partial charge in [0.2, 0.25) is 18.2 Å². The third-order valence-corrected chi connectivity index (χ3v) is 9.18. The van der Waals surface area contributed by atoms with Gasteiger partial charge in [0.05, 0.1) is 23.7 Å². The lowest BCUT2D eigenvalue weighted by atomic mass is 10.00. The zero-order valence-corrected chi connectivity index (χ0v) is 29.4. The highest BCUT2D eigenvalue weighted by molar-refractivity contribution is 7.92. The summed E-state index contributed by atoms with van der Waals surface area (Å²) in [6.45, 7) is 16.0. The van der Waals surface area contributed by atoms with Gasteiger partial charge < -0.3 is 19.3 Å². The Hall–Kier alpha value is -4.19. The molecule has 4 rings (SSSR count). The molecule has 1 N–H and O–H groups in total. The first kappa shape index (κ1) is 35.7. The fourth-order valence-electron chi connectivity index (χ4n) is 5.59. The number of aromatic nitrogens is 2. The van der Waals surface area contributed by atoms with Gasteiger partial charge in [-0.15, -0.1) is 0 Å². The summed E-state index contributed by atoms with van der Waals surface area (Å²) in [5, 5.41) is 0. The Morgan fingerprint density at radius 3 is 2.32 bits per heavy atom. The molecule has 2 atom stereocenters. The van der Waals surface area contributed by atoms with Gasteiger partial charge in [0, 0.05) is 24.2 Å². The third kappa shape index (κ3) is 9.66. The molecule has 2 aromatic carbocycles. The molecule has 0 unspecified atom stereocenters. The molecule has 1 saturated heterocycles. The van der Waals surface area contributed by atoms with Crippen molar-refractivity contribution in [3.05, 3.63) is 65.2 Å². The third-order valence-electron chi connectivity index (χ3n) is 7.86. The molecule has 2 heterocycles. The van der Waals surface area contributed by atoms with Crippen molar-refractivity contribution in [3.8, 4) is 17.1 Å².